The van der Waals surface area contributed by atoms with Crippen molar-refractivity contribution in [1.82, 2.24) is 24.7 Å². The standard InChI is InChI=1S/C20H21N5O3/c1-15-13-18(28-22-15)20(27)24-11-9-23(10-12-24)14-25-19(26)8-7-17(21-25)16-5-3-2-4-6-16/h2-8,13H,9-12,14H2,1H3. The van der Waals surface area contributed by atoms with Gasteiger partial charge in [-0.2, -0.15) is 5.10 Å². The van der Waals surface area contributed by atoms with Crippen LogP contribution in [-0.2, 0) is 6.67 Å². The maximum absolute atomic E-state index is 12.4. The highest BCUT2D eigenvalue weighted by Crippen LogP contribution is 2.14. The van der Waals surface area contributed by atoms with Crippen LogP contribution in [0, 0.1) is 6.92 Å². The Morgan fingerprint density at radius 3 is 2.50 bits per heavy atom. The molecule has 4 rings (SSSR count). The summed E-state index contributed by atoms with van der Waals surface area (Å²) >= 11 is 0. The third-order valence-corrected chi connectivity index (χ3v) is 4.77. The van der Waals surface area contributed by atoms with Crippen molar-refractivity contribution in [3.63, 3.8) is 0 Å². The second-order valence-electron chi connectivity index (χ2n) is 6.81. The normalized spacial score (nSPS) is 15.0. The van der Waals surface area contributed by atoms with Crippen LogP contribution in [-0.4, -0.2) is 56.8 Å². The van der Waals surface area contributed by atoms with E-state index in [0.29, 0.717) is 38.5 Å². The molecule has 1 amide bonds. The Hall–Kier alpha value is -3.26. The Kier molecular flexibility index (Phi) is 5.03. The average Bonchev–Trinajstić information content (AvgIpc) is 3.17. The maximum atomic E-state index is 12.4. The van der Waals surface area contributed by atoms with Gasteiger partial charge in [-0.15, -0.1) is 0 Å². The number of nitrogens with zero attached hydrogens (tertiary/aromatic N) is 5. The fraction of sp³-hybridized carbons (Fsp3) is 0.300. The molecule has 8 nitrogen and oxygen atoms in total. The summed E-state index contributed by atoms with van der Waals surface area (Å²) in [5.41, 5.74) is 2.27. The van der Waals surface area contributed by atoms with E-state index in [1.807, 2.05) is 30.3 Å². The first-order chi connectivity index (χ1) is 13.6. The lowest BCUT2D eigenvalue weighted by Crippen LogP contribution is -2.49. The monoisotopic (exact) mass is 379 g/mol. The Bertz CT molecular complexity index is 1020. The lowest BCUT2D eigenvalue weighted by molar-refractivity contribution is 0.0545. The summed E-state index contributed by atoms with van der Waals surface area (Å²) in [6.07, 6.45) is 0. The molecule has 0 unspecified atom stereocenters. The minimum Gasteiger partial charge on any atom is -0.351 e. The highest BCUT2D eigenvalue weighted by atomic mass is 16.5. The zero-order valence-electron chi connectivity index (χ0n) is 15.6. The second-order valence-corrected chi connectivity index (χ2v) is 6.81. The highest BCUT2D eigenvalue weighted by Gasteiger charge is 2.25. The number of hydrogen-bond donors (Lipinski definition) is 0. The highest BCUT2D eigenvalue weighted by molar-refractivity contribution is 5.91. The molecule has 0 spiro atoms. The average molecular weight is 379 g/mol. The number of amides is 1. The fourth-order valence-electron chi connectivity index (χ4n) is 3.22. The van der Waals surface area contributed by atoms with Crippen LogP contribution in [0.4, 0.5) is 0 Å². The first-order valence-electron chi connectivity index (χ1n) is 9.19. The predicted octanol–water partition coefficient (Wildman–Crippen LogP) is 1.62. The van der Waals surface area contributed by atoms with Crippen molar-refractivity contribution in [2.24, 2.45) is 0 Å². The maximum Gasteiger partial charge on any atom is 0.292 e. The molecule has 0 N–H and O–H groups in total. The second kappa shape index (κ2) is 7.77. The molecule has 144 valence electrons. The molecule has 0 atom stereocenters. The van der Waals surface area contributed by atoms with Gasteiger partial charge in [0, 0.05) is 43.9 Å². The lowest BCUT2D eigenvalue weighted by atomic mass is 10.1. The Morgan fingerprint density at radius 2 is 1.82 bits per heavy atom. The first-order valence-corrected chi connectivity index (χ1v) is 9.19. The van der Waals surface area contributed by atoms with Crippen molar-refractivity contribution in [3.8, 4) is 11.3 Å². The van der Waals surface area contributed by atoms with Crippen LogP contribution in [0.5, 0.6) is 0 Å². The molecule has 8 heteroatoms. The summed E-state index contributed by atoms with van der Waals surface area (Å²) in [6.45, 7) is 4.61. The number of aromatic nitrogens is 3. The molecule has 1 aliphatic rings. The largest absolute Gasteiger partial charge is 0.351 e. The first kappa shape index (κ1) is 18.1. The summed E-state index contributed by atoms with van der Waals surface area (Å²) in [7, 11) is 0. The number of benzene rings is 1. The third kappa shape index (κ3) is 3.86. The Labute approximate surface area is 162 Å². The molecule has 2 aromatic heterocycles. The van der Waals surface area contributed by atoms with E-state index in [2.05, 4.69) is 15.2 Å². The quantitative estimate of drug-likeness (QED) is 0.685. The van der Waals surface area contributed by atoms with E-state index in [-0.39, 0.29) is 17.2 Å². The minimum absolute atomic E-state index is 0.143. The van der Waals surface area contributed by atoms with Gasteiger partial charge in [0.1, 0.15) is 0 Å². The molecule has 0 aliphatic carbocycles. The minimum atomic E-state index is -0.151. The molecular weight excluding hydrogens is 358 g/mol. The van der Waals surface area contributed by atoms with E-state index < -0.39 is 0 Å². The van der Waals surface area contributed by atoms with Crippen LogP contribution >= 0.6 is 0 Å². The van der Waals surface area contributed by atoms with Gasteiger partial charge in [0.2, 0.25) is 5.76 Å². The Morgan fingerprint density at radius 1 is 1.07 bits per heavy atom. The molecule has 1 aliphatic heterocycles. The summed E-state index contributed by atoms with van der Waals surface area (Å²) in [5.74, 6) is 0.112. The molecule has 0 bridgehead atoms. The third-order valence-electron chi connectivity index (χ3n) is 4.77. The molecule has 1 saturated heterocycles. The van der Waals surface area contributed by atoms with Crippen molar-refractivity contribution in [2.75, 3.05) is 26.2 Å². The number of carbonyl (C=O) groups excluding carboxylic acids is 1. The van der Waals surface area contributed by atoms with E-state index >= 15 is 0 Å². The number of aryl methyl sites for hydroxylation is 1. The molecule has 3 aromatic rings. The van der Waals surface area contributed by atoms with Crippen LogP contribution < -0.4 is 5.56 Å². The van der Waals surface area contributed by atoms with Crippen LogP contribution in [0.1, 0.15) is 16.2 Å². The smallest absolute Gasteiger partial charge is 0.292 e. The van der Waals surface area contributed by atoms with Crippen molar-refractivity contribution in [3.05, 3.63) is 70.3 Å². The van der Waals surface area contributed by atoms with E-state index in [1.54, 1.807) is 30.0 Å². The van der Waals surface area contributed by atoms with Gasteiger partial charge in [0.15, 0.2) is 0 Å². The van der Waals surface area contributed by atoms with E-state index in [1.165, 1.54) is 4.68 Å². The molecule has 0 saturated carbocycles. The zero-order chi connectivity index (χ0) is 19.5. The summed E-state index contributed by atoms with van der Waals surface area (Å²) in [6, 6.07) is 14.7. The van der Waals surface area contributed by atoms with Crippen LogP contribution in [0.3, 0.4) is 0 Å². The molecule has 0 radical (unpaired) electrons. The van der Waals surface area contributed by atoms with E-state index in [4.69, 9.17) is 4.52 Å². The van der Waals surface area contributed by atoms with Crippen LogP contribution in [0.15, 0.2) is 57.8 Å². The van der Waals surface area contributed by atoms with Gasteiger partial charge in [-0.05, 0) is 13.0 Å². The summed E-state index contributed by atoms with van der Waals surface area (Å²) in [5, 5.41) is 8.27. The van der Waals surface area contributed by atoms with Gasteiger partial charge in [0.25, 0.3) is 11.5 Å². The van der Waals surface area contributed by atoms with Crippen molar-refractivity contribution in [2.45, 2.75) is 13.6 Å². The van der Waals surface area contributed by atoms with Crippen LogP contribution in [0.2, 0.25) is 0 Å². The van der Waals surface area contributed by atoms with Gasteiger partial charge < -0.3 is 9.42 Å². The summed E-state index contributed by atoms with van der Waals surface area (Å²) in [4.78, 5) is 28.5. The van der Waals surface area contributed by atoms with E-state index in [0.717, 1.165) is 11.3 Å². The molecule has 1 fully saturated rings. The number of hydrogen-bond acceptors (Lipinski definition) is 6. The topological polar surface area (TPSA) is 84.5 Å². The van der Waals surface area contributed by atoms with Crippen molar-refractivity contribution >= 4 is 5.91 Å². The van der Waals surface area contributed by atoms with Crippen molar-refractivity contribution < 1.29 is 9.32 Å². The predicted molar refractivity (Wildman–Crippen MR) is 103 cm³/mol. The molecule has 28 heavy (non-hydrogen) atoms. The molecular formula is C20H21N5O3. The Balaban J connectivity index is 1.41. The van der Waals surface area contributed by atoms with Crippen molar-refractivity contribution in [1.29, 1.82) is 0 Å². The van der Waals surface area contributed by atoms with Crippen LogP contribution in [0.25, 0.3) is 11.3 Å². The van der Waals surface area contributed by atoms with Gasteiger partial charge in [-0.1, -0.05) is 35.5 Å². The van der Waals surface area contributed by atoms with E-state index in [9.17, 15) is 9.59 Å². The molecule has 3 heterocycles. The van der Waals surface area contributed by atoms with Gasteiger partial charge in [-0.25, -0.2) is 4.68 Å². The number of carbonyl (C=O) groups is 1. The fourth-order valence-corrected chi connectivity index (χ4v) is 3.22. The number of rotatable bonds is 4. The SMILES string of the molecule is Cc1cc(C(=O)N2CCN(Cn3nc(-c4ccccc4)ccc3=O)CC2)on1. The molecule has 1 aromatic carbocycles. The van der Waals surface area contributed by atoms with Gasteiger partial charge in [-0.3, -0.25) is 14.5 Å². The number of piperazine rings is 1. The lowest BCUT2D eigenvalue weighted by Gasteiger charge is -2.34. The van der Waals surface area contributed by atoms with Gasteiger partial charge in [0.05, 0.1) is 18.1 Å². The zero-order valence-corrected chi connectivity index (χ0v) is 15.6. The van der Waals surface area contributed by atoms with Gasteiger partial charge >= 0.3 is 0 Å². The summed E-state index contributed by atoms with van der Waals surface area (Å²) < 4.78 is 6.53.